The minimum absolute atomic E-state index is 0.0143. The summed E-state index contributed by atoms with van der Waals surface area (Å²) in [5.74, 6) is -7.34. The number of nitrogens with one attached hydrogen (secondary N) is 1. The van der Waals surface area contributed by atoms with Gasteiger partial charge in [0.05, 0.1) is 35.6 Å². The molecule has 0 radical (unpaired) electrons. The van der Waals surface area contributed by atoms with E-state index in [4.69, 9.17) is 28.4 Å². The van der Waals surface area contributed by atoms with Crippen LogP contribution in [0.25, 0.3) is 0 Å². The van der Waals surface area contributed by atoms with Crippen LogP contribution in [0.5, 0.6) is 0 Å². The monoisotopic (exact) mass is 849 g/mol. The van der Waals surface area contributed by atoms with E-state index < -0.39 is 119 Å². The van der Waals surface area contributed by atoms with E-state index in [1.54, 1.807) is 76.2 Å². The summed E-state index contributed by atoms with van der Waals surface area (Å²) < 4.78 is 35.6. The maximum atomic E-state index is 15.4. The van der Waals surface area contributed by atoms with Gasteiger partial charge in [-0.15, -0.1) is 0 Å². The van der Waals surface area contributed by atoms with Crippen LogP contribution in [0.1, 0.15) is 96.6 Å². The van der Waals surface area contributed by atoms with Gasteiger partial charge in [0, 0.05) is 32.1 Å². The quantitative estimate of drug-likeness (QED) is 0.151. The third kappa shape index (κ3) is 8.30. The van der Waals surface area contributed by atoms with Crippen LogP contribution in [0.15, 0.2) is 71.8 Å². The van der Waals surface area contributed by atoms with E-state index in [9.17, 15) is 39.3 Å². The smallest absolute Gasteiger partial charge is 0.408 e. The number of hydrogen-bond acceptors (Lipinski definition) is 15. The van der Waals surface area contributed by atoms with Crippen LogP contribution in [-0.4, -0.2) is 111 Å². The minimum Gasteiger partial charge on any atom is -0.456 e. The summed E-state index contributed by atoms with van der Waals surface area (Å²) in [5, 5.41) is 39.7. The molecule has 330 valence electrons. The van der Waals surface area contributed by atoms with Gasteiger partial charge in [-0.3, -0.25) is 14.4 Å². The summed E-state index contributed by atoms with van der Waals surface area (Å²) in [6.07, 6.45) is -11.5. The molecule has 6 rings (SSSR count). The van der Waals surface area contributed by atoms with Gasteiger partial charge >= 0.3 is 30.0 Å². The molecule has 0 aromatic heterocycles. The van der Waals surface area contributed by atoms with E-state index in [0.29, 0.717) is 5.56 Å². The predicted molar refractivity (Wildman–Crippen MR) is 213 cm³/mol. The number of ketones is 1. The Labute approximate surface area is 353 Å². The topological polar surface area (TPSA) is 231 Å². The fourth-order valence-electron chi connectivity index (χ4n) is 9.51. The second-order valence-corrected chi connectivity index (χ2v) is 17.6. The van der Waals surface area contributed by atoms with Crippen LogP contribution in [0, 0.1) is 17.3 Å². The van der Waals surface area contributed by atoms with Gasteiger partial charge in [0.2, 0.25) is 0 Å². The van der Waals surface area contributed by atoms with Crippen molar-refractivity contribution in [1.29, 1.82) is 0 Å². The van der Waals surface area contributed by atoms with E-state index in [2.05, 4.69) is 5.32 Å². The lowest BCUT2D eigenvalue weighted by Gasteiger charge is -2.66. The summed E-state index contributed by atoms with van der Waals surface area (Å²) in [7, 11) is 0. The highest BCUT2D eigenvalue weighted by molar-refractivity contribution is 5.95. The standard InChI is InChI=1S/C45H55NO15/c1-9-31(49)58-35-32-23(2)28(57-40(53)34(50)33(26-16-12-10-13-17-26)46-41(54)61-42(5,6)7)21-44(55,24(32)3)38(59-39(52)27-18-14-11-15-19-27)36-43(8,37(35)51)29(48)20-30-45(36,22-56-30)60-25(4)47/h10-19,24,28-30,33-36,38,48,50,55H,9,20-22H2,1-8H3,(H,46,54)/t24-,28-,29-,30+,33-,34+,35+,36?,38-,43+,44-,45-/m0/s1. The molecule has 2 saturated carbocycles. The molecule has 12 atom stereocenters. The van der Waals surface area contributed by atoms with Crippen molar-refractivity contribution in [3.05, 3.63) is 82.9 Å². The minimum atomic E-state index is -2.34. The lowest BCUT2D eigenvalue weighted by Crippen LogP contribution is -2.81. The van der Waals surface area contributed by atoms with E-state index in [1.165, 1.54) is 32.9 Å². The number of aliphatic hydroxyl groups excluding tert-OH is 2. The lowest BCUT2D eigenvalue weighted by atomic mass is 9.47. The lowest BCUT2D eigenvalue weighted by molar-refractivity contribution is -0.343. The molecule has 2 bridgehead atoms. The molecule has 1 heterocycles. The predicted octanol–water partition coefficient (Wildman–Crippen LogP) is 3.83. The summed E-state index contributed by atoms with van der Waals surface area (Å²) in [4.78, 5) is 83.0. The summed E-state index contributed by atoms with van der Waals surface area (Å²) in [6, 6.07) is 14.6. The number of rotatable bonds is 10. The molecule has 4 aliphatic rings. The van der Waals surface area contributed by atoms with Crippen LogP contribution >= 0.6 is 0 Å². The molecule has 1 aliphatic heterocycles. The van der Waals surface area contributed by atoms with Crippen molar-refractivity contribution in [1.82, 2.24) is 5.32 Å². The largest absolute Gasteiger partial charge is 0.456 e. The number of carbonyl (C=O) groups excluding carboxylic acids is 6. The molecule has 1 unspecified atom stereocenters. The number of ether oxygens (including phenoxy) is 6. The second-order valence-electron chi connectivity index (χ2n) is 17.6. The Balaban J connectivity index is 1.52. The molecular formula is C45H55NO15. The van der Waals surface area contributed by atoms with Crippen LogP contribution in [0.3, 0.4) is 0 Å². The number of amides is 1. The van der Waals surface area contributed by atoms with Crippen molar-refractivity contribution in [3.8, 4) is 0 Å². The Kier molecular flexibility index (Phi) is 12.6. The first-order chi connectivity index (χ1) is 28.6. The molecule has 3 fully saturated rings. The Morgan fingerprint density at radius 3 is 2.16 bits per heavy atom. The van der Waals surface area contributed by atoms with E-state index in [1.807, 2.05) is 0 Å². The van der Waals surface area contributed by atoms with Crippen LogP contribution < -0.4 is 5.32 Å². The van der Waals surface area contributed by atoms with Crippen LogP contribution in [-0.2, 0) is 47.6 Å². The van der Waals surface area contributed by atoms with Crippen LogP contribution in [0.4, 0.5) is 4.79 Å². The van der Waals surface area contributed by atoms with Crippen molar-refractivity contribution in [2.75, 3.05) is 6.61 Å². The number of hydrogen-bond donors (Lipinski definition) is 4. The van der Waals surface area contributed by atoms with Gasteiger partial charge in [-0.25, -0.2) is 14.4 Å². The Hall–Kier alpha value is -5.16. The number of esters is 4. The average Bonchev–Trinajstić information content (AvgIpc) is 3.20. The molecule has 1 amide bonds. The zero-order valence-electron chi connectivity index (χ0n) is 35.5. The number of fused-ring (bicyclic) bond motifs is 5. The van der Waals surface area contributed by atoms with E-state index in [0.717, 1.165) is 6.92 Å². The molecule has 16 heteroatoms. The Bertz CT molecular complexity index is 2070. The zero-order chi connectivity index (χ0) is 44.8. The molecule has 2 aromatic carbocycles. The average molecular weight is 850 g/mol. The van der Waals surface area contributed by atoms with Crippen molar-refractivity contribution >= 4 is 35.8 Å². The van der Waals surface area contributed by atoms with Gasteiger partial charge in [-0.1, -0.05) is 62.4 Å². The molecule has 3 aliphatic carbocycles. The molecule has 61 heavy (non-hydrogen) atoms. The summed E-state index contributed by atoms with van der Waals surface area (Å²) in [6.45, 7) is 11.8. The van der Waals surface area contributed by atoms with Gasteiger partial charge in [0.1, 0.15) is 29.5 Å². The maximum Gasteiger partial charge on any atom is 0.408 e. The van der Waals surface area contributed by atoms with Gasteiger partial charge in [-0.2, -0.15) is 0 Å². The Morgan fingerprint density at radius 1 is 0.984 bits per heavy atom. The summed E-state index contributed by atoms with van der Waals surface area (Å²) >= 11 is 0. The van der Waals surface area contributed by atoms with Gasteiger partial charge in [0.25, 0.3) is 0 Å². The third-order valence-corrected chi connectivity index (χ3v) is 12.6. The molecule has 0 spiro atoms. The summed E-state index contributed by atoms with van der Waals surface area (Å²) in [5.41, 5.74) is -6.47. The first-order valence-electron chi connectivity index (χ1n) is 20.4. The highest BCUT2D eigenvalue weighted by Gasteiger charge is 2.77. The fourth-order valence-corrected chi connectivity index (χ4v) is 9.51. The Morgan fingerprint density at radius 2 is 1.61 bits per heavy atom. The molecule has 1 saturated heterocycles. The highest BCUT2D eigenvalue weighted by Crippen LogP contribution is 2.62. The van der Waals surface area contributed by atoms with Gasteiger partial charge < -0.3 is 49.1 Å². The molecular weight excluding hydrogens is 794 g/mol. The molecule has 16 nitrogen and oxygen atoms in total. The van der Waals surface area contributed by atoms with Crippen molar-refractivity contribution in [2.45, 2.75) is 134 Å². The highest BCUT2D eigenvalue weighted by atomic mass is 16.6. The van der Waals surface area contributed by atoms with Gasteiger partial charge in [0.15, 0.2) is 23.6 Å². The second kappa shape index (κ2) is 17.0. The van der Waals surface area contributed by atoms with Crippen LogP contribution in [0.2, 0.25) is 0 Å². The maximum absolute atomic E-state index is 15.4. The third-order valence-electron chi connectivity index (χ3n) is 12.6. The van der Waals surface area contributed by atoms with E-state index in [-0.39, 0.29) is 36.2 Å². The van der Waals surface area contributed by atoms with Crippen molar-refractivity contribution < 1.29 is 72.5 Å². The molecule has 2 aromatic rings. The number of carbonyl (C=O) groups is 6. The zero-order valence-corrected chi connectivity index (χ0v) is 35.5. The first kappa shape index (κ1) is 45.4. The normalized spacial score (nSPS) is 32.8. The number of alkyl carbamates (subject to hydrolysis) is 1. The number of Topliss-reactive ketones (excluding diaryl/α,β-unsaturated/α-hetero) is 1. The van der Waals surface area contributed by atoms with E-state index >= 15 is 4.79 Å². The SMILES string of the molecule is CCC(=O)O[C@H]1C(=O)[C@@]2(C)C([C@H](OC(=O)c3ccccc3)[C@]3(O)C[C@H](OC(=O)[C@H](O)[C@@H](NC(=O)OC(C)(C)C)c4ccccc4)C(C)=C1[C@@H]3C)[C@]1(OC(C)=O)CO[C@@H]1C[C@@H]2O. The number of aliphatic hydroxyl groups is 3. The van der Waals surface area contributed by atoms with Crippen molar-refractivity contribution in [3.63, 3.8) is 0 Å². The molecule has 4 N–H and O–H groups in total. The fraction of sp³-hybridized carbons (Fsp3) is 0.556. The van der Waals surface area contributed by atoms with Gasteiger partial charge in [-0.05, 0) is 63.5 Å². The first-order valence-corrected chi connectivity index (χ1v) is 20.4. The number of benzene rings is 2. The van der Waals surface area contributed by atoms with Crippen molar-refractivity contribution in [2.24, 2.45) is 17.3 Å².